The van der Waals surface area contributed by atoms with Crippen LogP contribution in [0.15, 0.2) is 38.9 Å². The van der Waals surface area contributed by atoms with Gasteiger partial charge in [0.25, 0.3) is 0 Å². The summed E-state index contributed by atoms with van der Waals surface area (Å²) in [5.74, 6) is -0.496. The zero-order chi connectivity index (χ0) is 13.7. The van der Waals surface area contributed by atoms with E-state index in [4.69, 9.17) is 0 Å². The number of amides is 2. The molecule has 0 aliphatic carbocycles. The van der Waals surface area contributed by atoms with Gasteiger partial charge in [0, 0.05) is 4.47 Å². The molecule has 0 atom stereocenters. The summed E-state index contributed by atoms with van der Waals surface area (Å²) in [6.45, 7) is 0. The molecule has 0 radical (unpaired) electrons. The smallest absolute Gasteiger partial charge is 0.245 e. The quantitative estimate of drug-likeness (QED) is 0.644. The molecular formula is C12H11BrN4O2. The second-order valence-electron chi connectivity index (χ2n) is 3.91. The van der Waals surface area contributed by atoms with Gasteiger partial charge in [0.05, 0.1) is 24.8 Å². The number of hydrogen-bond donors (Lipinski definition) is 2. The van der Waals surface area contributed by atoms with Crippen LogP contribution >= 0.6 is 15.9 Å². The van der Waals surface area contributed by atoms with Gasteiger partial charge < -0.3 is 0 Å². The van der Waals surface area contributed by atoms with Crippen molar-refractivity contribution in [1.29, 1.82) is 0 Å². The lowest BCUT2D eigenvalue weighted by atomic mass is 10.2. The van der Waals surface area contributed by atoms with E-state index in [-0.39, 0.29) is 24.7 Å². The van der Waals surface area contributed by atoms with Gasteiger partial charge in [-0.25, -0.2) is 10.9 Å². The fraction of sp³-hybridized carbons (Fsp3) is 0.167. The van der Waals surface area contributed by atoms with Crippen LogP contribution in [0.3, 0.4) is 0 Å². The first-order valence-corrected chi connectivity index (χ1v) is 6.34. The molecular weight excluding hydrogens is 312 g/mol. The molecule has 1 aromatic carbocycles. The topological polar surface area (TPSA) is 82.9 Å². The zero-order valence-corrected chi connectivity index (χ0v) is 11.5. The van der Waals surface area contributed by atoms with Crippen molar-refractivity contribution in [2.75, 3.05) is 0 Å². The molecule has 1 aromatic rings. The molecule has 6 nitrogen and oxygen atoms in total. The van der Waals surface area contributed by atoms with Crippen molar-refractivity contribution in [2.45, 2.75) is 12.8 Å². The van der Waals surface area contributed by atoms with Crippen molar-refractivity contribution in [1.82, 2.24) is 10.9 Å². The maximum absolute atomic E-state index is 11.5. The standard InChI is InChI=1S/C12H11BrN4O2/c13-9-3-1-8(2-4-9)7-14-16-11(18)5-10-6-12(19)17-15-10/h1-4,7H,5-6H2,(H,16,18)(H,17,19). The summed E-state index contributed by atoms with van der Waals surface area (Å²) >= 11 is 3.33. The van der Waals surface area contributed by atoms with Crippen LogP contribution < -0.4 is 10.9 Å². The maximum atomic E-state index is 11.5. The third-order valence-corrected chi connectivity index (χ3v) is 2.87. The minimum atomic E-state index is -0.302. The Labute approximate surface area is 118 Å². The van der Waals surface area contributed by atoms with Gasteiger partial charge in [0.15, 0.2) is 0 Å². The van der Waals surface area contributed by atoms with Crippen LogP contribution in [0.25, 0.3) is 0 Å². The largest absolute Gasteiger partial charge is 0.273 e. The Morgan fingerprint density at radius 2 is 2.21 bits per heavy atom. The molecule has 0 spiro atoms. The van der Waals surface area contributed by atoms with Crippen molar-refractivity contribution in [3.05, 3.63) is 34.3 Å². The fourth-order valence-corrected chi connectivity index (χ4v) is 1.72. The number of rotatable bonds is 4. The Hall–Kier alpha value is -2.02. The predicted molar refractivity (Wildman–Crippen MR) is 74.7 cm³/mol. The molecule has 1 aliphatic heterocycles. The highest BCUT2D eigenvalue weighted by Gasteiger charge is 2.16. The molecule has 1 aliphatic rings. The normalized spacial score (nSPS) is 14.4. The Balaban J connectivity index is 1.80. The van der Waals surface area contributed by atoms with E-state index in [1.807, 2.05) is 24.3 Å². The molecule has 1 heterocycles. The molecule has 0 aromatic heterocycles. The molecule has 7 heteroatoms. The van der Waals surface area contributed by atoms with Crippen LogP contribution in [0.4, 0.5) is 0 Å². The van der Waals surface area contributed by atoms with E-state index in [2.05, 4.69) is 37.0 Å². The van der Waals surface area contributed by atoms with Crippen molar-refractivity contribution in [3.63, 3.8) is 0 Å². The fourth-order valence-electron chi connectivity index (χ4n) is 1.46. The van der Waals surface area contributed by atoms with Crippen LogP contribution in [0.1, 0.15) is 18.4 Å². The molecule has 2 amide bonds. The van der Waals surface area contributed by atoms with Gasteiger partial charge in [-0.2, -0.15) is 10.2 Å². The van der Waals surface area contributed by atoms with Gasteiger partial charge in [0.1, 0.15) is 0 Å². The molecule has 0 bridgehead atoms. The second-order valence-corrected chi connectivity index (χ2v) is 4.83. The minimum Gasteiger partial charge on any atom is -0.273 e. The average Bonchev–Trinajstić information content (AvgIpc) is 2.77. The number of nitrogens with zero attached hydrogens (tertiary/aromatic N) is 2. The van der Waals surface area contributed by atoms with Crippen molar-refractivity contribution < 1.29 is 9.59 Å². The van der Waals surface area contributed by atoms with E-state index in [9.17, 15) is 9.59 Å². The summed E-state index contributed by atoms with van der Waals surface area (Å²) in [6.07, 6.45) is 1.78. The summed E-state index contributed by atoms with van der Waals surface area (Å²) in [5, 5.41) is 7.56. The molecule has 2 N–H and O–H groups in total. The van der Waals surface area contributed by atoms with Crippen molar-refractivity contribution in [3.8, 4) is 0 Å². The van der Waals surface area contributed by atoms with E-state index in [1.165, 1.54) is 0 Å². The number of halogens is 1. The Morgan fingerprint density at radius 3 is 2.84 bits per heavy atom. The summed E-state index contributed by atoms with van der Waals surface area (Å²) in [7, 11) is 0. The lowest BCUT2D eigenvalue weighted by molar-refractivity contribution is -0.119. The van der Waals surface area contributed by atoms with E-state index in [0.29, 0.717) is 5.71 Å². The molecule has 0 unspecified atom stereocenters. The van der Waals surface area contributed by atoms with E-state index < -0.39 is 0 Å². The lowest BCUT2D eigenvalue weighted by Gasteiger charge is -1.98. The Morgan fingerprint density at radius 1 is 1.47 bits per heavy atom. The number of benzene rings is 1. The second kappa shape index (κ2) is 6.24. The molecule has 98 valence electrons. The van der Waals surface area contributed by atoms with Gasteiger partial charge in [-0.3, -0.25) is 9.59 Å². The lowest BCUT2D eigenvalue weighted by Crippen LogP contribution is -2.20. The zero-order valence-electron chi connectivity index (χ0n) is 9.89. The number of hydrogen-bond acceptors (Lipinski definition) is 4. The number of carbonyl (C=O) groups excluding carboxylic acids is 2. The van der Waals surface area contributed by atoms with E-state index in [1.54, 1.807) is 6.21 Å². The molecule has 0 saturated carbocycles. The highest BCUT2D eigenvalue weighted by molar-refractivity contribution is 9.10. The van der Waals surface area contributed by atoms with E-state index in [0.717, 1.165) is 10.0 Å². The highest BCUT2D eigenvalue weighted by Crippen LogP contribution is 2.08. The molecule has 0 saturated heterocycles. The van der Waals surface area contributed by atoms with Crippen LogP contribution in [0, 0.1) is 0 Å². The first kappa shape index (κ1) is 13.4. The van der Waals surface area contributed by atoms with Crippen molar-refractivity contribution in [2.24, 2.45) is 10.2 Å². The van der Waals surface area contributed by atoms with Gasteiger partial charge in [0.2, 0.25) is 11.8 Å². The average molecular weight is 323 g/mol. The maximum Gasteiger partial charge on any atom is 0.245 e. The number of hydrazone groups is 2. The summed E-state index contributed by atoms with van der Waals surface area (Å²) in [4.78, 5) is 22.4. The van der Waals surface area contributed by atoms with Crippen molar-refractivity contribution >= 4 is 39.7 Å². The highest BCUT2D eigenvalue weighted by atomic mass is 79.9. The number of nitrogens with one attached hydrogen (secondary N) is 2. The third-order valence-electron chi connectivity index (χ3n) is 2.34. The SMILES string of the molecule is O=C(CC1=NNC(=O)C1)NN=Cc1ccc(Br)cc1. The van der Waals surface area contributed by atoms with Gasteiger partial charge >= 0.3 is 0 Å². The summed E-state index contributed by atoms with van der Waals surface area (Å²) in [5.41, 5.74) is 6.06. The Kier molecular flexibility index (Phi) is 4.40. The van der Waals surface area contributed by atoms with Crippen LogP contribution in [0.2, 0.25) is 0 Å². The summed E-state index contributed by atoms with van der Waals surface area (Å²) < 4.78 is 0.977. The number of carbonyl (C=O) groups is 2. The third kappa shape index (κ3) is 4.29. The first-order valence-electron chi connectivity index (χ1n) is 5.55. The first-order chi connectivity index (χ1) is 9.13. The van der Waals surface area contributed by atoms with E-state index >= 15 is 0 Å². The van der Waals surface area contributed by atoms with Crippen LogP contribution in [-0.4, -0.2) is 23.7 Å². The molecule has 2 rings (SSSR count). The minimum absolute atomic E-state index is 0.0659. The van der Waals surface area contributed by atoms with Crippen LogP contribution in [0.5, 0.6) is 0 Å². The van der Waals surface area contributed by atoms with Crippen LogP contribution in [-0.2, 0) is 9.59 Å². The predicted octanol–water partition coefficient (Wildman–Crippen LogP) is 1.17. The summed E-state index contributed by atoms with van der Waals surface area (Å²) in [6, 6.07) is 7.49. The van der Waals surface area contributed by atoms with Gasteiger partial charge in [-0.15, -0.1) is 0 Å². The van der Waals surface area contributed by atoms with Gasteiger partial charge in [-0.1, -0.05) is 28.1 Å². The molecule has 19 heavy (non-hydrogen) atoms. The Bertz CT molecular complexity index is 551. The monoisotopic (exact) mass is 322 g/mol. The van der Waals surface area contributed by atoms with Gasteiger partial charge in [-0.05, 0) is 17.7 Å². The molecule has 0 fully saturated rings.